The minimum absolute atomic E-state index is 0.101. The number of aldehydes is 1. The van der Waals surface area contributed by atoms with Crippen LogP contribution in [0.15, 0.2) is 91.0 Å². The first-order valence-electron chi connectivity index (χ1n) is 53.0. The molecule has 4 aliphatic heterocycles. The van der Waals surface area contributed by atoms with Crippen molar-refractivity contribution in [1.29, 1.82) is 0 Å². The number of hydrogen-bond acceptors (Lipinski definition) is 5. The van der Waals surface area contributed by atoms with Gasteiger partial charge in [-0.25, -0.2) is 19.9 Å². The molecular weight excluding hydrogens is 1610 g/mol. The Hall–Kier alpha value is -9.47. The van der Waals surface area contributed by atoms with Gasteiger partial charge >= 0.3 is 0 Å². The van der Waals surface area contributed by atoms with Crippen LogP contribution in [0.3, 0.4) is 0 Å². The largest absolute Gasteiger partial charge is 0.354 e. The first-order valence-corrected chi connectivity index (χ1v) is 53.0. The number of carbonyl (C=O) groups excluding carboxylic acids is 1. The fraction of sp³-hybridized carbons (Fsp3) is 0.520. The molecule has 9 nitrogen and oxygen atoms in total. The van der Waals surface area contributed by atoms with Crippen molar-refractivity contribution < 1.29 is 4.79 Å². The smallest absolute Gasteiger partial charge is 0.150 e. The lowest BCUT2D eigenvalue weighted by Crippen LogP contribution is -2.16. The summed E-state index contributed by atoms with van der Waals surface area (Å²) in [5.74, 6) is 0. The van der Waals surface area contributed by atoms with E-state index < -0.39 is 0 Å². The zero-order chi connectivity index (χ0) is 94.1. The summed E-state index contributed by atoms with van der Waals surface area (Å²) in [6.07, 6.45) is 45.7. The Balaban J connectivity index is 1.18. The molecule has 4 aliphatic rings. The van der Waals surface area contributed by atoms with Crippen LogP contribution >= 0.6 is 0 Å². The van der Waals surface area contributed by atoms with Crippen molar-refractivity contribution in [2.45, 2.75) is 420 Å². The highest BCUT2D eigenvalue weighted by atomic mass is 16.1. The second kappa shape index (κ2) is 46.2. The number of benzene rings is 3. The molecule has 10 heterocycles. The van der Waals surface area contributed by atoms with Gasteiger partial charge in [0.25, 0.3) is 0 Å². The number of carbonyl (C=O) groups is 1. The van der Waals surface area contributed by atoms with E-state index in [0.717, 1.165) is 240 Å². The van der Waals surface area contributed by atoms with Crippen molar-refractivity contribution in [3.63, 3.8) is 0 Å². The topological polar surface area (TPSA) is 132 Å². The van der Waals surface area contributed by atoms with E-state index in [1.165, 1.54) is 257 Å². The van der Waals surface area contributed by atoms with Gasteiger partial charge in [-0.15, -0.1) is 0 Å². The number of nitrogens with zero attached hydrogens (tertiary/aromatic N) is 4. The van der Waals surface area contributed by atoms with Crippen LogP contribution in [0.4, 0.5) is 0 Å². The van der Waals surface area contributed by atoms with Gasteiger partial charge in [-0.3, -0.25) is 4.79 Å². The third-order valence-corrected chi connectivity index (χ3v) is 30.1. The van der Waals surface area contributed by atoms with Crippen LogP contribution in [-0.4, -0.2) is 46.2 Å². The molecule has 6 aromatic heterocycles. The third kappa shape index (κ3) is 22.5. The summed E-state index contributed by atoms with van der Waals surface area (Å²) in [5.41, 5.74) is 50.9. The molecule has 16 bridgehead atoms. The Morgan fingerprint density at radius 3 is 0.682 bits per heavy atom. The number of nitrogens with one attached hydrogen (secondary N) is 4. The first kappa shape index (κ1) is 100.0. The maximum Gasteiger partial charge on any atom is 0.150 e. The van der Waals surface area contributed by atoms with E-state index in [0.29, 0.717) is 5.56 Å². The molecule has 0 spiro atoms. The zero-order valence-corrected chi connectivity index (χ0v) is 86.2. The van der Waals surface area contributed by atoms with Gasteiger partial charge in [-0.1, -0.05) is 318 Å². The van der Waals surface area contributed by atoms with E-state index in [4.69, 9.17) is 19.9 Å². The van der Waals surface area contributed by atoms with Gasteiger partial charge in [0.05, 0.1) is 67.6 Å². The van der Waals surface area contributed by atoms with E-state index in [-0.39, 0.29) is 10.8 Å². The lowest BCUT2D eigenvalue weighted by atomic mass is 9.78. The SMILES string of the molecule is CCCCCCC1=C(C)c2nc1cc1[nH]c(c(C)c1CCCCCC)c(-c1ccc(C=O)cc1)c1nc(cc3[nH]c(c(C)c3CCCCCC)c2-c2ccc(-c3c4nc(cc5[nH]c(c(C)c5CCCCCC)c(-c5cc(C(C)(C)C)cc(C(C)(C)C)c5)c5nc(cc6[nH]c3c(C)c6CCCCCC)C(CCCCCC)=C5C)C(CCCCCC)=C4C)cc2)C(CCCCCC)=C1C. The molecule has 132 heavy (non-hydrogen) atoms. The predicted molar refractivity (Wildman–Crippen MR) is 575 cm³/mol. The summed E-state index contributed by atoms with van der Waals surface area (Å²) in [5, 5.41) is 0. The summed E-state index contributed by atoms with van der Waals surface area (Å²) in [7, 11) is 0. The number of hydrogen-bond donors (Lipinski definition) is 4. The molecule has 0 unspecified atom stereocenters. The number of aryl methyl sites for hydroxylation is 8. The Morgan fingerprint density at radius 1 is 0.258 bits per heavy atom. The van der Waals surface area contributed by atoms with Crippen molar-refractivity contribution in [3.05, 3.63) is 198 Å². The van der Waals surface area contributed by atoms with E-state index in [2.05, 4.69) is 251 Å². The monoisotopic (exact) mass is 1770 g/mol. The van der Waals surface area contributed by atoms with Crippen LogP contribution in [0.25, 0.3) is 133 Å². The summed E-state index contributed by atoms with van der Waals surface area (Å²) in [4.78, 5) is 54.7. The van der Waals surface area contributed by atoms with Crippen LogP contribution in [0.5, 0.6) is 0 Å². The van der Waals surface area contributed by atoms with Crippen molar-refractivity contribution >= 4 is 95.0 Å². The standard InChI is InChI=1S/C123H166N8O/c1-23-31-39-47-55-94-79(9)114-110(88-65-63-87(78-132)64-66-88)115-80(10)95(56-48-40-32-24-2)103(125-115)75-105-97(58-50-42-34-26-4)82(12)117(127-105)111(116-81(11)96(57-49-41-33-25-3)104(126-116)74-102(94)124-114)89-67-69-90(70-68-89)112-118-83(13)98(59-51-43-35-27-5)106(128-118)76-108-100(61-53-45-37-29-7)85(15)120(130-108)113(91-71-92(122(17,18)19)73-93(72-91)123(20,21)22)121-86(16)101(62-54-46-38-30-8)109(131-121)77-107-99(60-52-44-36-28-6)84(14)119(112)129-107/h63-78,124,127-128,131H,23-62H2,1-22H3. The minimum Gasteiger partial charge on any atom is -0.354 e. The Morgan fingerprint density at radius 2 is 0.470 bits per heavy atom. The van der Waals surface area contributed by atoms with Crippen molar-refractivity contribution in [3.8, 4) is 44.5 Å². The maximum atomic E-state index is 12.5. The van der Waals surface area contributed by atoms with Gasteiger partial charge < -0.3 is 19.9 Å². The number of rotatable bonds is 45. The molecule has 704 valence electrons. The lowest BCUT2D eigenvalue weighted by molar-refractivity contribution is 0.112. The van der Waals surface area contributed by atoms with Gasteiger partial charge in [0.15, 0.2) is 0 Å². The van der Waals surface area contributed by atoms with Gasteiger partial charge in [0.1, 0.15) is 6.29 Å². The third-order valence-electron chi connectivity index (χ3n) is 30.1. The second-order valence-corrected chi connectivity index (χ2v) is 42.0. The highest BCUT2D eigenvalue weighted by Crippen LogP contribution is 2.50. The van der Waals surface area contributed by atoms with Crippen molar-refractivity contribution in [2.24, 2.45) is 0 Å². The number of H-pyrrole nitrogens is 4. The Kier molecular flexibility index (Phi) is 35.0. The molecule has 0 saturated heterocycles. The van der Waals surface area contributed by atoms with Crippen LogP contribution in [-0.2, 0) is 36.5 Å². The van der Waals surface area contributed by atoms with Crippen LogP contribution < -0.4 is 0 Å². The first-order chi connectivity index (χ1) is 63.7. The van der Waals surface area contributed by atoms with E-state index in [1.807, 2.05) is 12.1 Å². The van der Waals surface area contributed by atoms with Gasteiger partial charge in [-0.05, 0) is 316 Å². The van der Waals surface area contributed by atoms with Gasteiger partial charge in [0, 0.05) is 49.9 Å². The Bertz CT molecular complexity index is 6020. The number of allylic oxidation sites excluding steroid dienone is 8. The molecule has 0 fully saturated rings. The second-order valence-electron chi connectivity index (χ2n) is 42.0. The molecule has 4 N–H and O–H groups in total. The fourth-order valence-corrected chi connectivity index (χ4v) is 21.7. The normalized spacial score (nSPS) is 13.3. The van der Waals surface area contributed by atoms with Crippen LogP contribution in [0.2, 0.25) is 0 Å². The molecule has 9 heteroatoms. The molecule has 0 radical (unpaired) electrons. The highest BCUT2D eigenvalue weighted by molar-refractivity contribution is 6.07. The molecular formula is C123H166N8O. The van der Waals surface area contributed by atoms with Crippen LogP contribution in [0.1, 0.15) is 467 Å². The van der Waals surface area contributed by atoms with E-state index >= 15 is 0 Å². The maximum absolute atomic E-state index is 12.5. The average molecular weight is 1770 g/mol. The molecule has 0 amide bonds. The van der Waals surface area contributed by atoms with E-state index in [9.17, 15) is 4.79 Å². The van der Waals surface area contributed by atoms with E-state index in [1.54, 1.807) is 0 Å². The quantitative estimate of drug-likeness (QED) is 0.0223. The summed E-state index contributed by atoms with van der Waals surface area (Å²) >= 11 is 0. The fourth-order valence-electron chi connectivity index (χ4n) is 21.7. The number of fused-ring (bicyclic) bond motifs is 16. The van der Waals surface area contributed by atoms with Crippen molar-refractivity contribution in [1.82, 2.24) is 39.9 Å². The van der Waals surface area contributed by atoms with Gasteiger partial charge in [-0.2, -0.15) is 0 Å². The summed E-state index contributed by atoms with van der Waals surface area (Å²) < 4.78 is 0. The number of unbranched alkanes of at least 4 members (excludes halogenated alkanes) is 24. The Labute approximate surface area is 796 Å². The molecule has 3 aromatic carbocycles. The molecule has 0 saturated carbocycles. The lowest BCUT2D eigenvalue weighted by Gasteiger charge is -2.26. The molecule has 0 atom stereocenters. The zero-order valence-electron chi connectivity index (χ0n) is 86.2. The predicted octanol–water partition coefficient (Wildman–Crippen LogP) is 37.3. The van der Waals surface area contributed by atoms with Crippen LogP contribution in [0, 0.1) is 27.7 Å². The van der Waals surface area contributed by atoms with Crippen molar-refractivity contribution in [2.75, 3.05) is 0 Å². The molecule has 13 rings (SSSR count). The number of aromatic nitrogens is 8. The minimum atomic E-state index is -0.101. The highest BCUT2D eigenvalue weighted by Gasteiger charge is 2.33. The summed E-state index contributed by atoms with van der Waals surface area (Å²) in [6, 6.07) is 35.6. The summed E-state index contributed by atoms with van der Waals surface area (Å²) in [6.45, 7) is 52.2. The van der Waals surface area contributed by atoms with Gasteiger partial charge in [0.2, 0.25) is 0 Å². The average Bonchev–Trinajstić information content (AvgIpc) is 1.59. The molecule has 0 aliphatic carbocycles. The number of aromatic amines is 4. The molecule has 9 aromatic rings.